The maximum Gasteiger partial charge on any atom is 0.345 e. The highest BCUT2D eigenvalue weighted by Gasteiger charge is 2.15. The number of aromatic nitrogens is 1. The van der Waals surface area contributed by atoms with Crippen LogP contribution in [0.15, 0.2) is 34.8 Å². The van der Waals surface area contributed by atoms with E-state index in [1.807, 2.05) is 19.1 Å². The van der Waals surface area contributed by atoms with E-state index in [9.17, 15) is 4.79 Å². The van der Waals surface area contributed by atoms with Gasteiger partial charge in [0.05, 0.1) is 0 Å². The Morgan fingerprint density at radius 2 is 2.05 bits per heavy atom. The van der Waals surface area contributed by atoms with Crippen molar-refractivity contribution in [3.05, 3.63) is 55.8 Å². The fourth-order valence-electron chi connectivity index (χ4n) is 2.54. The number of benzene rings is 1. The van der Waals surface area contributed by atoms with Crippen LogP contribution in [0.4, 0.5) is 0 Å². The lowest BCUT2D eigenvalue weighted by atomic mass is 10.2. The predicted octanol–water partition coefficient (Wildman–Crippen LogP) is 4.83. The van der Waals surface area contributed by atoms with Crippen LogP contribution in [-0.4, -0.2) is 15.6 Å². The molecule has 5 heteroatoms. The molecule has 21 heavy (non-hydrogen) atoms. The molecule has 2 heterocycles. The van der Waals surface area contributed by atoms with Crippen LogP contribution in [-0.2, 0) is 6.54 Å². The van der Waals surface area contributed by atoms with Gasteiger partial charge in [-0.25, -0.2) is 4.79 Å². The normalized spacial score (nSPS) is 11.2. The van der Waals surface area contributed by atoms with Crippen LogP contribution in [0.25, 0.3) is 10.9 Å². The Hall–Kier alpha value is -1.59. The maximum absolute atomic E-state index is 11.1. The monoisotopic (exact) mass is 363 g/mol. The first kappa shape index (κ1) is 14.4. The van der Waals surface area contributed by atoms with Crippen LogP contribution < -0.4 is 0 Å². The van der Waals surface area contributed by atoms with E-state index in [2.05, 4.69) is 39.6 Å². The predicted molar refractivity (Wildman–Crippen MR) is 89.5 cm³/mol. The van der Waals surface area contributed by atoms with Gasteiger partial charge in [-0.15, -0.1) is 11.3 Å². The van der Waals surface area contributed by atoms with Gasteiger partial charge in [0.25, 0.3) is 0 Å². The van der Waals surface area contributed by atoms with Gasteiger partial charge in [-0.3, -0.25) is 0 Å². The molecule has 3 aromatic rings. The largest absolute Gasteiger partial charge is 0.477 e. The Labute approximate surface area is 135 Å². The van der Waals surface area contributed by atoms with Gasteiger partial charge in [-0.2, -0.15) is 0 Å². The summed E-state index contributed by atoms with van der Waals surface area (Å²) in [7, 11) is 0. The molecule has 0 aliphatic rings. The molecule has 2 aromatic heterocycles. The molecule has 0 spiro atoms. The Balaban J connectivity index is 2.10. The molecular formula is C16H14BrNO2S. The quantitative estimate of drug-likeness (QED) is 0.723. The Kier molecular flexibility index (Phi) is 3.63. The first-order valence-corrected chi connectivity index (χ1v) is 8.16. The standard InChI is InChI=1S/C16H14BrNO2S/c1-9-15(17)12-5-3-4-6-13(12)18(9)8-11-7-14(16(19)20)21-10(11)2/h3-7H,8H2,1-2H3,(H,19,20). The van der Waals surface area contributed by atoms with Gasteiger partial charge in [-0.1, -0.05) is 18.2 Å². The number of rotatable bonds is 3. The third-order valence-corrected chi connectivity index (χ3v) is 5.80. The molecule has 0 saturated heterocycles. The van der Waals surface area contributed by atoms with Gasteiger partial charge < -0.3 is 9.67 Å². The van der Waals surface area contributed by atoms with E-state index in [-0.39, 0.29) is 0 Å². The van der Waals surface area contributed by atoms with Gasteiger partial charge in [0.1, 0.15) is 4.88 Å². The molecule has 0 bridgehead atoms. The van der Waals surface area contributed by atoms with E-state index < -0.39 is 5.97 Å². The summed E-state index contributed by atoms with van der Waals surface area (Å²) in [5.41, 5.74) is 3.37. The van der Waals surface area contributed by atoms with Crippen LogP contribution in [0.3, 0.4) is 0 Å². The average molecular weight is 364 g/mol. The molecule has 3 nitrogen and oxygen atoms in total. The Bertz CT molecular complexity index is 847. The zero-order valence-corrected chi connectivity index (χ0v) is 14.1. The lowest BCUT2D eigenvalue weighted by Gasteiger charge is -2.08. The number of thiophene rings is 1. The zero-order valence-electron chi connectivity index (χ0n) is 11.7. The number of aryl methyl sites for hydroxylation is 1. The fraction of sp³-hybridized carbons (Fsp3) is 0.188. The Morgan fingerprint density at radius 1 is 1.33 bits per heavy atom. The average Bonchev–Trinajstić information content (AvgIpc) is 2.94. The van der Waals surface area contributed by atoms with Gasteiger partial charge in [0.2, 0.25) is 0 Å². The second-order valence-electron chi connectivity index (χ2n) is 5.00. The van der Waals surface area contributed by atoms with Gasteiger partial charge in [-0.05, 0) is 47.5 Å². The van der Waals surface area contributed by atoms with E-state index in [4.69, 9.17) is 5.11 Å². The van der Waals surface area contributed by atoms with Crippen LogP contribution >= 0.6 is 27.3 Å². The molecule has 0 radical (unpaired) electrons. The van der Waals surface area contributed by atoms with Crippen molar-refractivity contribution < 1.29 is 9.90 Å². The molecule has 1 N–H and O–H groups in total. The summed E-state index contributed by atoms with van der Waals surface area (Å²) in [6, 6.07) is 10.0. The minimum absolute atomic E-state index is 0.399. The second-order valence-corrected chi connectivity index (χ2v) is 7.05. The van der Waals surface area contributed by atoms with Crippen molar-refractivity contribution in [3.8, 4) is 0 Å². The lowest BCUT2D eigenvalue weighted by Crippen LogP contribution is -2.02. The van der Waals surface area contributed by atoms with Crippen LogP contribution in [0, 0.1) is 13.8 Å². The van der Waals surface area contributed by atoms with E-state index in [0.29, 0.717) is 11.4 Å². The number of hydrogen-bond acceptors (Lipinski definition) is 2. The van der Waals surface area contributed by atoms with Crippen LogP contribution in [0.1, 0.15) is 25.8 Å². The summed E-state index contributed by atoms with van der Waals surface area (Å²) in [6.45, 7) is 4.74. The summed E-state index contributed by atoms with van der Waals surface area (Å²) in [5.74, 6) is -0.857. The fourth-order valence-corrected chi connectivity index (χ4v) is 3.97. The van der Waals surface area contributed by atoms with E-state index in [1.165, 1.54) is 16.7 Å². The third-order valence-electron chi connectivity index (χ3n) is 3.71. The summed E-state index contributed by atoms with van der Waals surface area (Å²) >= 11 is 4.98. The molecule has 108 valence electrons. The summed E-state index contributed by atoms with van der Waals surface area (Å²) in [4.78, 5) is 12.6. The summed E-state index contributed by atoms with van der Waals surface area (Å²) in [5, 5.41) is 10.3. The highest BCUT2D eigenvalue weighted by Crippen LogP contribution is 2.32. The number of carboxylic acids is 1. The molecular weight excluding hydrogens is 350 g/mol. The summed E-state index contributed by atoms with van der Waals surface area (Å²) < 4.78 is 3.32. The molecule has 1 aromatic carbocycles. The van der Waals surface area contributed by atoms with Crippen molar-refractivity contribution in [3.63, 3.8) is 0 Å². The SMILES string of the molecule is Cc1sc(C(=O)O)cc1Cn1c(C)c(Br)c2ccccc21. The number of carbonyl (C=O) groups is 1. The van der Waals surface area contributed by atoms with E-state index in [0.717, 1.165) is 26.1 Å². The summed E-state index contributed by atoms with van der Waals surface area (Å²) in [6.07, 6.45) is 0. The van der Waals surface area contributed by atoms with E-state index in [1.54, 1.807) is 6.07 Å². The number of hydrogen-bond donors (Lipinski definition) is 1. The second kappa shape index (κ2) is 5.31. The molecule has 3 rings (SSSR count). The highest BCUT2D eigenvalue weighted by atomic mass is 79.9. The Morgan fingerprint density at radius 3 is 2.71 bits per heavy atom. The van der Waals surface area contributed by atoms with Crippen LogP contribution in [0.5, 0.6) is 0 Å². The van der Waals surface area contributed by atoms with Gasteiger partial charge >= 0.3 is 5.97 Å². The lowest BCUT2D eigenvalue weighted by molar-refractivity contribution is 0.0702. The van der Waals surface area contributed by atoms with E-state index >= 15 is 0 Å². The molecule has 0 aliphatic heterocycles. The third kappa shape index (κ3) is 2.40. The van der Waals surface area contributed by atoms with Crippen molar-refractivity contribution in [2.24, 2.45) is 0 Å². The van der Waals surface area contributed by atoms with Gasteiger partial charge in [0, 0.05) is 32.5 Å². The number of carboxylic acid groups (broad SMARTS) is 1. The highest BCUT2D eigenvalue weighted by molar-refractivity contribution is 9.10. The van der Waals surface area contributed by atoms with Crippen molar-refractivity contribution in [2.75, 3.05) is 0 Å². The molecule has 0 fully saturated rings. The first-order valence-electron chi connectivity index (χ1n) is 6.55. The topological polar surface area (TPSA) is 42.2 Å². The molecule has 0 amide bonds. The van der Waals surface area contributed by atoms with Crippen molar-refractivity contribution in [1.29, 1.82) is 0 Å². The number of nitrogens with zero attached hydrogens (tertiary/aromatic N) is 1. The maximum atomic E-state index is 11.1. The smallest absolute Gasteiger partial charge is 0.345 e. The zero-order chi connectivity index (χ0) is 15.1. The van der Waals surface area contributed by atoms with Crippen LogP contribution in [0.2, 0.25) is 0 Å². The van der Waals surface area contributed by atoms with Gasteiger partial charge in [0.15, 0.2) is 0 Å². The van der Waals surface area contributed by atoms with Crippen molar-refractivity contribution in [2.45, 2.75) is 20.4 Å². The molecule has 0 unspecified atom stereocenters. The number of fused-ring (bicyclic) bond motifs is 1. The minimum Gasteiger partial charge on any atom is -0.477 e. The first-order chi connectivity index (χ1) is 9.99. The molecule has 0 aliphatic carbocycles. The minimum atomic E-state index is -0.857. The molecule has 0 saturated carbocycles. The number of halogens is 1. The molecule has 0 atom stereocenters. The number of para-hydroxylation sites is 1. The van der Waals surface area contributed by atoms with Crippen molar-refractivity contribution >= 4 is 44.1 Å². The number of aromatic carboxylic acids is 1. The van der Waals surface area contributed by atoms with Crippen molar-refractivity contribution in [1.82, 2.24) is 4.57 Å².